The number of amides is 1. The number of ether oxygens (including phenoxy) is 3. The molecule has 26 heavy (non-hydrogen) atoms. The topological polar surface area (TPSA) is 73.9 Å². The normalized spacial score (nSPS) is 16.5. The molecule has 136 valence electrons. The second kappa shape index (κ2) is 8.10. The predicted molar refractivity (Wildman–Crippen MR) is 95.3 cm³/mol. The highest BCUT2D eigenvalue weighted by atomic mass is 35.5. The number of nitrogens with one attached hydrogen (secondary N) is 1. The first-order valence-electron chi connectivity index (χ1n) is 8.13. The molecule has 2 aromatic carbocycles. The second-order valence-corrected chi connectivity index (χ2v) is 6.25. The van der Waals surface area contributed by atoms with Crippen LogP contribution in [0.5, 0.6) is 11.5 Å². The number of hydrogen-bond donors (Lipinski definition) is 1. The summed E-state index contributed by atoms with van der Waals surface area (Å²) in [5.41, 5.74) is 0.898. The third kappa shape index (κ3) is 4.46. The van der Waals surface area contributed by atoms with Gasteiger partial charge in [0, 0.05) is 5.02 Å². The maximum atomic E-state index is 12.1. The summed E-state index contributed by atoms with van der Waals surface area (Å²) < 4.78 is 16.0. The van der Waals surface area contributed by atoms with Gasteiger partial charge in [-0.2, -0.15) is 0 Å². The third-order valence-corrected chi connectivity index (χ3v) is 4.12. The largest absolute Gasteiger partial charge is 0.485 e. The number of carbonyl (C=O) groups excluding carboxylic acids is 2. The Bertz CT molecular complexity index is 793. The van der Waals surface area contributed by atoms with E-state index in [1.54, 1.807) is 30.3 Å². The fraction of sp³-hybridized carbons (Fsp3) is 0.263. The zero-order valence-electron chi connectivity index (χ0n) is 14.1. The highest BCUT2D eigenvalue weighted by Gasteiger charge is 2.29. The maximum absolute atomic E-state index is 12.1. The lowest BCUT2D eigenvalue weighted by molar-refractivity contribution is -0.157. The van der Waals surface area contributed by atoms with Gasteiger partial charge in [0.05, 0.1) is 6.04 Å². The molecule has 0 aliphatic carbocycles. The lowest BCUT2D eigenvalue weighted by atomic mass is 10.1. The van der Waals surface area contributed by atoms with Gasteiger partial charge in [-0.05, 0) is 36.8 Å². The van der Waals surface area contributed by atoms with Gasteiger partial charge in [0.25, 0.3) is 5.91 Å². The van der Waals surface area contributed by atoms with E-state index in [1.807, 2.05) is 25.1 Å². The molecule has 0 saturated heterocycles. The number of para-hydroxylation sites is 2. The van der Waals surface area contributed by atoms with E-state index in [0.717, 1.165) is 5.56 Å². The molecule has 2 atom stereocenters. The molecule has 6 nitrogen and oxygen atoms in total. The van der Waals surface area contributed by atoms with Gasteiger partial charge < -0.3 is 19.5 Å². The highest BCUT2D eigenvalue weighted by molar-refractivity contribution is 6.30. The monoisotopic (exact) mass is 375 g/mol. The molecule has 1 heterocycles. The Hall–Kier alpha value is -2.73. The average Bonchev–Trinajstić information content (AvgIpc) is 2.66. The molecule has 0 fully saturated rings. The first kappa shape index (κ1) is 18.1. The van der Waals surface area contributed by atoms with Crippen molar-refractivity contribution in [3.63, 3.8) is 0 Å². The second-order valence-electron chi connectivity index (χ2n) is 5.81. The van der Waals surface area contributed by atoms with E-state index in [-0.39, 0.29) is 12.6 Å². The number of esters is 1. The van der Waals surface area contributed by atoms with E-state index in [0.29, 0.717) is 16.5 Å². The Labute approximate surface area is 156 Å². The number of carbonyl (C=O) groups is 2. The zero-order chi connectivity index (χ0) is 18.5. The lowest BCUT2D eigenvalue weighted by Crippen LogP contribution is -2.40. The molecule has 0 aromatic heterocycles. The van der Waals surface area contributed by atoms with Gasteiger partial charge >= 0.3 is 5.97 Å². The molecule has 0 radical (unpaired) electrons. The molecule has 1 amide bonds. The maximum Gasteiger partial charge on any atom is 0.351 e. The van der Waals surface area contributed by atoms with Crippen LogP contribution in [0, 0.1) is 0 Å². The molecular weight excluding hydrogens is 358 g/mol. The van der Waals surface area contributed by atoms with Crippen LogP contribution in [0.3, 0.4) is 0 Å². The Morgan fingerprint density at radius 2 is 1.88 bits per heavy atom. The van der Waals surface area contributed by atoms with Crippen LogP contribution in [-0.4, -0.2) is 31.2 Å². The number of hydrogen-bond acceptors (Lipinski definition) is 5. The molecule has 0 saturated carbocycles. The van der Waals surface area contributed by atoms with E-state index in [2.05, 4.69) is 5.32 Å². The smallest absolute Gasteiger partial charge is 0.351 e. The van der Waals surface area contributed by atoms with Crippen LogP contribution in [0.15, 0.2) is 48.5 Å². The molecule has 1 aliphatic rings. The Balaban J connectivity index is 1.47. The van der Waals surface area contributed by atoms with Crippen molar-refractivity contribution < 1.29 is 23.8 Å². The molecule has 0 bridgehead atoms. The van der Waals surface area contributed by atoms with E-state index in [4.69, 9.17) is 25.8 Å². The van der Waals surface area contributed by atoms with Gasteiger partial charge in [-0.15, -0.1) is 0 Å². The van der Waals surface area contributed by atoms with Crippen LogP contribution in [0.25, 0.3) is 0 Å². The zero-order valence-corrected chi connectivity index (χ0v) is 14.9. The molecule has 0 spiro atoms. The third-order valence-electron chi connectivity index (χ3n) is 3.86. The average molecular weight is 376 g/mol. The van der Waals surface area contributed by atoms with Crippen LogP contribution >= 0.6 is 11.6 Å². The first-order valence-corrected chi connectivity index (χ1v) is 8.50. The Morgan fingerprint density at radius 3 is 2.62 bits per heavy atom. The molecule has 3 rings (SSSR count). The van der Waals surface area contributed by atoms with Gasteiger partial charge in [0.15, 0.2) is 18.1 Å². The van der Waals surface area contributed by atoms with Crippen molar-refractivity contribution in [3.8, 4) is 11.5 Å². The van der Waals surface area contributed by atoms with E-state index >= 15 is 0 Å². The van der Waals surface area contributed by atoms with Gasteiger partial charge in [0.1, 0.15) is 6.61 Å². The minimum Gasteiger partial charge on any atom is -0.485 e. The molecule has 1 aliphatic heterocycles. The van der Waals surface area contributed by atoms with Gasteiger partial charge in [-0.3, -0.25) is 4.79 Å². The number of benzene rings is 2. The predicted octanol–water partition coefficient (Wildman–Crippen LogP) is 2.90. The fourth-order valence-corrected chi connectivity index (χ4v) is 2.61. The summed E-state index contributed by atoms with van der Waals surface area (Å²) in [4.78, 5) is 24.1. The minimum atomic E-state index is -0.897. The molecule has 2 aromatic rings. The quantitative estimate of drug-likeness (QED) is 0.813. The van der Waals surface area contributed by atoms with Crippen molar-refractivity contribution >= 4 is 23.5 Å². The summed E-state index contributed by atoms with van der Waals surface area (Å²) in [6.45, 7) is 1.48. The Kier molecular flexibility index (Phi) is 5.63. The van der Waals surface area contributed by atoms with Crippen molar-refractivity contribution in [1.82, 2.24) is 5.32 Å². The number of halogens is 1. The lowest BCUT2D eigenvalue weighted by Gasteiger charge is -2.24. The summed E-state index contributed by atoms with van der Waals surface area (Å²) in [7, 11) is 0. The van der Waals surface area contributed by atoms with E-state index < -0.39 is 24.6 Å². The summed E-state index contributed by atoms with van der Waals surface area (Å²) in [6.07, 6.45) is -0.897. The van der Waals surface area contributed by atoms with Crippen LogP contribution in [-0.2, 0) is 14.3 Å². The van der Waals surface area contributed by atoms with Gasteiger partial charge in [-0.25, -0.2) is 4.79 Å². The van der Waals surface area contributed by atoms with Crippen LogP contribution in [0.2, 0.25) is 5.02 Å². The van der Waals surface area contributed by atoms with Crippen molar-refractivity contribution in [1.29, 1.82) is 0 Å². The molecular formula is C19H18ClNO5. The number of fused-ring (bicyclic) bond motifs is 1. The first-order chi connectivity index (χ1) is 12.5. The Morgan fingerprint density at radius 1 is 1.19 bits per heavy atom. The van der Waals surface area contributed by atoms with Crippen LogP contribution < -0.4 is 14.8 Å². The summed E-state index contributed by atoms with van der Waals surface area (Å²) in [5, 5.41) is 3.38. The van der Waals surface area contributed by atoms with Crippen LogP contribution in [0.1, 0.15) is 18.5 Å². The van der Waals surface area contributed by atoms with Gasteiger partial charge in [0.2, 0.25) is 6.10 Å². The molecule has 1 N–H and O–H groups in total. The van der Waals surface area contributed by atoms with Crippen molar-refractivity contribution in [2.24, 2.45) is 0 Å². The molecule has 0 unspecified atom stereocenters. The summed E-state index contributed by atoms with van der Waals surface area (Å²) in [6, 6.07) is 14.0. The van der Waals surface area contributed by atoms with Crippen molar-refractivity contribution in [3.05, 3.63) is 59.1 Å². The van der Waals surface area contributed by atoms with Gasteiger partial charge in [-0.1, -0.05) is 35.9 Å². The molecule has 7 heteroatoms. The van der Waals surface area contributed by atoms with E-state index in [9.17, 15) is 9.59 Å². The fourth-order valence-electron chi connectivity index (χ4n) is 2.48. The highest BCUT2D eigenvalue weighted by Crippen LogP contribution is 2.31. The van der Waals surface area contributed by atoms with Crippen molar-refractivity contribution in [2.45, 2.75) is 19.1 Å². The standard InChI is InChI=1S/C19H18ClNO5/c1-12(13-6-8-14(20)9-7-13)21-18(22)11-25-19(23)17-10-24-15-4-2-3-5-16(15)26-17/h2-9,12,17H,10-11H2,1H3,(H,21,22)/t12-,17+/m1/s1. The van der Waals surface area contributed by atoms with Crippen molar-refractivity contribution in [2.75, 3.05) is 13.2 Å². The van der Waals surface area contributed by atoms with Crippen LogP contribution in [0.4, 0.5) is 0 Å². The SMILES string of the molecule is C[C@@H](NC(=O)COC(=O)[C@@H]1COc2ccccc2O1)c1ccc(Cl)cc1. The summed E-state index contributed by atoms with van der Waals surface area (Å²) in [5.74, 6) is -0.000628. The minimum absolute atomic E-state index is 0.0403. The summed E-state index contributed by atoms with van der Waals surface area (Å²) >= 11 is 5.85. The van der Waals surface area contributed by atoms with E-state index in [1.165, 1.54) is 0 Å². The number of rotatable bonds is 5.